The van der Waals surface area contributed by atoms with Crippen LogP contribution in [-0.2, 0) is 0 Å². The average Bonchev–Trinajstić information content (AvgIpc) is 2.17. The van der Waals surface area contributed by atoms with Gasteiger partial charge in [-0.2, -0.15) is 0 Å². The molecule has 0 amide bonds. The van der Waals surface area contributed by atoms with E-state index in [0.29, 0.717) is 23.4 Å². The number of aromatic nitrogens is 1. The van der Waals surface area contributed by atoms with Crippen LogP contribution in [0.2, 0.25) is 0 Å². The second kappa shape index (κ2) is 5.97. The van der Waals surface area contributed by atoms with Gasteiger partial charge < -0.3 is 10.6 Å². The normalized spacial score (nSPS) is 10.7. The molecule has 15 heavy (non-hydrogen) atoms. The van der Waals surface area contributed by atoms with Crippen LogP contribution in [0.4, 0.5) is 14.6 Å². The molecule has 1 rings (SSSR count). The summed E-state index contributed by atoms with van der Waals surface area (Å²) >= 11 is 3.27. The Labute approximate surface area is 95.4 Å². The van der Waals surface area contributed by atoms with Crippen molar-refractivity contribution in [3.63, 3.8) is 0 Å². The van der Waals surface area contributed by atoms with Crippen LogP contribution in [0.5, 0.6) is 0 Å². The highest BCUT2D eigenvalue weighted by Gasteiger charge is 2.15. The van der Waals surface area contributed by atoms with Gasteiger partial charge in [-0.25, -0.2) is 13.8 Å². The first-order valence-electron chi connectivity index (χ1n) is 4.49. The third kappa shape index (κ3) is 3.71. The van der Waals surface area contributed by atoms with Crippen molar-refractivity contribution in [1.82, 2.24) is 4.98 Å². The Morgan fingerprint density at radius 1 is 1.53 bits per heavy atom. The highest BCUT2D eigenvalue weighted by Crippen LogP contribution is 2.23. The summed E-state index contributed by atoms with van der Waals surface area (Å²) in [6, 6.07) is 3.49. The van der Waals surface area contributed by atoms with Gasteiger partial charge in [-0.15, -0.1) is 0 Å². The van der Waals surface area contributed by atoms with Crippen LogP contribution in [-0.4, -0.2) is 31.0 Å². The minimum atomic E-state index is -2.40. The van der Waals surface area contributed by atoms with Crippen molar-refractivity contribution in [2.45, 2.75) is 6.43 Å². The van der Waals surface area contributed by atoms with E-state index in [9.17, 15) is 8.78 Å². The van der Waals surface area contributed by atoms with Crippen LogP contribution in [0, 0.1) is 0 Å². The number of hydrogen-bond donors (Lipinski definition) is 1. The number of halogens is 3. The van der Waals surface area contributed by atoms with Gasteiger partial charge in [0, 0.05) is 19.3 Å². The third-order valence-electron chi connectivity index (χ3n) is 1.80. The lowest BCUT2D eigenvalue weighted by molar-refractivity contribution is 0.154. The smallest absolute Gasteiger partial charge is 0.255 e. The highest BCUT2D eigenvalue weighted by molar-refractivity contribution is 9.10. The molecule has 1 heterocycles. The molecule has 0 spiro atoms. The number of pyridine rings is 1. The molecule has 3 nitrogen and oxygen atoms in total. The van der Waals surface area contributed by atoms with E-state index in [0.717, 1.165) is 0 Å². The summed E-state index contributed by atoms with van der Waals surface area (Å²) in [5, 5.41) is 0. The van der Waals surface area contributed by atoms with E-state index in [1.807, 2.05) is 0 Å². The van der Waals surface area contributed by atoms with Crippen molar-refractivity contribution in [1.29, 1.82) is 0 Å². The summed E-state index contributed by atoms with van der Waals surface area (Å²) in [7, 11) is 0. The molecule has 1 aromatic rings. The highest BCUT2D eigenvalue weighted by atomic mass is 79.9. The molecular weight excluding hydrogens is 268 g/mol. The van der Waals surface area contributed by atoms with Crippen molar-refractivity contribution in [2.24, 2.45) is 5.73 Å². The maximum Gasteiger partial charge on any atom is 0.255 e. The number of rotatable bonds is 5. The molecule has 0 bridgehead atoms. The monoisotopic (exact) mass is 279 g/mol. The van der Waals surface area contributed by atoms with Crippen LogP contribution in [0.15, 0.2) is 22.8 Å². The van der Waals surface area contributed by atoms with E-state index < -0.39 is 6.43 Å². The number of hydrogen-bond acceptors (Lipinski definition) is 3. The quantitative estimate of drug-likeness (QED) is 0.895. The van der Waals surface area contributed by atoms with Gasteiger partial charge in [-0.3, -0.25) is 0 Å². The molecule has 6 heteroatoms. The van der Waals surface area contributed by atoms with Crippen LogP contribution in [0.3, 0.4) is 0 Å². The molecule has 0 saturated carbocycles. The Bertz CT molecular complexity index is 309. The zero-order valence-corrected chi connectivity index (χ0v) is 9.62. The Morgan fingerprint density at radius 3 is 2.80 bits per heavy atom. The lowest BCUT2D eigenvalue weighted by atomic mass is 10.4. The number of alkyl halides is 2. The fourth-order valence-electron chi connectivity index (χ4n) is 1.22. The predicted octanol–water partition coefficient (Wildman–Crippen LogP) is 1.87. The summed E-state index contributed by atoms with van der Waals surface area (Å²) in [5.74, 6) is 0.503. The summed E-state index contributed by atoms with van der Waals surface area (Å²) in [4.78, 5) is 5.51. The Kier molecular flexibility index (Phi) is 4.90. The lowest BCUT2D eigenvalue weighted by Gasteiger charge is -2.23. The largest absolute Gasteiger partial charge is 0.349 e. The third-order valence-corrected chi connectivity index (χ3v) is 2.41. The summed E-state index contributed by atoms with van der Waals surface area (Å²) in [5.41, 5.74) is 5.36. The average molecular weight is 280 g/mol. The van der Waals surface area contributed by atoms with E-state index in [1.165, 1.54) is 4.90 Å². The van der Waals surface area contributed by atoms with E-state index in [4.69, 9.17) is 5.73 Å². The fourth-order valence-corrected chi connectivity index (χ4v) is 1.72. The summed E-state index contributed by atoms with van der Waals surface area (Å²) < 4.78 is 25.3. The van der Waals surface area contributed by atoms with Crippen molar-refractivity contribution >= 4 is 21.7 Å². The maximum atomic E-state index is 12.3. The zero-order valence-electron chi connectivity index (χ0n) is 8.04. The SMILES string of the molecule is NCCN(CC(F)F)c1ncccc1Br. The van der Waals surface area contributed by atoms with Crippen molar-refractivity contribution in [3.8, 4) is 0 Å². The van der Waals surface area contributed by atoms with Gasteiger partial charge in [0.15, 0.2) is 0 Å². The Balaban J connectivity index is 2.83. The number of nitrogens with two attached hydrogens (primary N) is 1. The minimum Gasteiger partial charge on any atom is -0.349 e. The predicted molar refractivity (Wildman–Crippen MR) is 59.2 cm³/mol. The second-order valence-electron chi connectivity index (χ2n) is 2.93. The molecule has 0 aliphatic rings. The molecule has 0 unspecified atom stereocenters. The van der Waals surface area contributed by atoms with E-state index in [2.05, 4.69) is 20.9 Å². The molecule has 0 radical (unpaired) electrons. The van der Waals surface area contributed by atoms with Gasteiger partial charge in [-0.1, -0.05) is 0 Å². The van der Waals surface area contributed by atoms with Gasteiger partial charge in [0.2, 0.25) is 0 Å². The van der Waals surface area contributed by atoms with Crippen LogP contribution in [0.25, 0.3) is 0 Å². The van der Waals surface area contributed by atoms with Crippen molar-refractivity contribution in [2.75, 3.05) is 24.5 Å². The number of anilines is 1. The second-order valence-corrected chi connectivity index (χ2v) is 3.79. The van der Waals surface area contributed by atoms with E-state index in [-0.39, 0.29) is 6.54 Å². The first kappa shape index (κ1) is 12.3. The molecule has 0 saturated heterocycles. The molecule has 0 fully saturated rings. The van der Waals surface area contributed by atoms with Crippen molar-refractivity contribution in [3.05, 3.63) is 22.8 Å². The maximum absolute atomic E-state index is 12.3. The van der Waals surface area contributed by atoms with E-state index in [1.54, 1.807) is 18.3 Å². The van der Waals surface area contributed by atoms with Gasteiger partial charge in [0.1, 0.15) is 5.82 Å². The Hall–Kier alpha value is -0.750. The molecule has 0 aliphatic carbocycles. The summed E-state index contributed by atoms with van der Waals surface area (Å²) in [6.07, 6.45) is -0.833. The molecular formula is C9H12BrF2N3. The minimum absolute atomic E-state index is 0.315. The van der Waals surface area contributed by atoms with E-state index >= 15 is 0 Å². The molecule has 1 aromatic heterocycles. The molecule has 0 aliphatic heterocycles. The van der Waals surface area contributed by atoms with Crippen molar-refractivity contribution < 1.29 is 8.78 Å². The van der Waals surface area contributed by atoms with Gasteiger partial charge in [-0.05, 0) is 28.1 Å². The first-order valence-corrected chi connectivity index (χ1v) is 5.28. The van der Waals surface area contributed by atoms with Gasteiger partial charge in [0.05, 0.1) is 11.0 Å². The fraction of sp³-hybridized carbons (Fsp3) is 0.444. The molecule has 0 atom stereocenters. The van der Waals surface area contributed by atoms with Crippen LogP contribution < -0.4 is 10.6 Å². The standard InChI is InChI=1S/C9H12BrF2N3/c10-7-2-1-4-14-9(7)15(5-3-13)6-8(11)12/h1-2,4,8H,3,5-6,13H2. The molecule has 84 valence electrons. The lowest BCUT2D eigenvalue weighted by Crippen LogP contribution is -2.34. The van der Waals surface area contributed by atoms with Crippen LogP contribution in [0.1, 0.15) is 0 Å². The van der Waals surface area contributed by atoms with Gasteiger partial charge in [0.25, 0.3) is 6.43 Å². The molecule has 2 N–H and O–H groups in total. The van der Waals surface area contributed by atoms with Crippen LogP contribution >= 0.6 is 15.9 Å². The topological polar surface area (TPSA) is 42.1 Å². The first-order chi connectivity index (χ1) is 7.15. The number of nitrogens with zero attached hydrogens (tertiary/aromatic N) is 2. The Morgan fingerprint density at radius 2 is 2.27 bits per heavy atom. The summed E-state index contributed by atoms with van der Waals surface area (Å²) in [6.45, 7) is 0.322. The zero-order chi connectivity index (χ0) is 11.3. The molecule has 0 aromatic carbocycles. The van der Waals surface area contributed by atoms with Gasteiger partial charge >= 0.3 is 0 Å².